The maximum Gasteiger partial charge on any atom is 0.416 e. The van der Waals surface area contributed by atoms with Crippen LogP contribution in [-0.2, 0) is 17.0 Å². The highest BCUT2D eigenvalue weighted by Gasteiger charge is 2.43. The van der Waals surface area contributed by atoms with E-state index < -0.39 is 22.5 Å². The molecule has 2 fully saturated rings. The lowest BCUT2D eigenvalue weighted by molar-refractivity contribution is -0.137. The molecule has 23 heavy (non-hydrogen) atoms. The van der Waals surface area contributed by atoms with Gasteiger partial charge in [0.25, 0.3) is 0 Å². The van der Waals surface area contributed by atoms with Gasteiger partial charge in [0.15, 0.2) is 5.78 Å². The van der Waals surface area contributed by atoms with Gasteiger partial charge in [-0.2, -0.15) is 13.2 Å². The monoisotopic (exact) mass is 346 g/mol. The predicted molar refractivity (Wildman–Crippen MR) is 80.0 cm³/mol. The Labute approximate surface area is 134 Å². The van der Waals surface area contributed by atoms with Gasteiger partial charge in [-0.3, -0.25) is 9.00 Å². The third-order valence-corrected chi connectivity index (χ3v) is 6.90. The summed E-state index contributed by atoms with van der Waals surface area (Å²) in [4.78, 5) is 12.7. The minimum Gasteiger partial charge on any atom is -0.496 e. The van der Waals surface area contributed by atoms with Crippen LogP contribution in [0.3, 0.4) is 0 Å². The number of fused-ring (bicyclic) bond motifs is 2. The van der Waals surface area contributed by atoms with Gasteiger partial charge in [-0.05, 0) is 43.9 Å². The summed E-state index contributed by atoms with van der Waals surface area (Å²) in [7, 11) is 0.389. The number of benzene rings is 1. The average Bonchev–Trinajstić information content (AvgIpc) is 2.74. The van der Waals surface area contributed by atoms with Crippen molar-refractivity contribution >= 4 is 16.6 Å². The predicted octanol–water partition coefficient (Wildman–Crippen LogP) is 3.59. The molecule has 0 radical (unpaired) electrons. The van der Waals surface area contributed by atoms with E-state index in [-0.39, 0.29) is 33.5 Å². The Bertz CT molecular complexity index is 640. The fraction of sp³-hybridized carbons (Fsp3) is 0.562. The summed E-state index contributed by atoms with van der Waals surface area (Å²) in [6.45, 7) is 0. The van der Waals surface area contributed by atoms with Crippen molar-refractivity contribution in [3.63, 3.8) is 0 Å². The number of methoxy groups -OCH3 is 1. The minimum atomic E-state index is -4.48. The molecule has 2 heterocycles. The molecule has 0 N–H and O–H groups in total. The molecule has 2 aliphatic rings. The first kappa shape index (κ1) is 16.5. The third-order valence-electron chi connectivity index (χ3n) is 4.73. The summed E-state index contributed by atoms with van der Waals surface area (Å²) in [5.74, 6) is -0.538. The second-order valence-electron chi connectivity index (χ2n) is 6.10. The molecule has 126 valence electrons. The van der Waals surface area contributed by atoms with Crippen molar-refractivity contribution in [3.05, 3.63) is 29.3 Å². The SMILES string of the molecule is COc1cc(C(F)(F)F)ccc1C(=O)C1CC2CCC(C1)S2=O. The molecule has 1 aromatic rings. The van der Waals surface area contributed by atoms with E-state index in [4.69, 9.17) is 4.74 Å². The molecule has 0 amide bonds. The molecule has 0 aliphatic carbocycles. The number of hydrogen-bond donors (Lipinski definition) is 0. The number of rotatable bonds is 3. The Hall–Kier alpha value is -1.37. The first-order valence-electron chi connectivity index (χ1n) is 7.50. The van der Waals surface area contributed by atoms with Gasteiger partial charge >= 0.3 is 6.18 Å². The molecule has 2 bridgehead atoms. The molecule has 0 aromatic heterocycles. The molecule has 0 saturated carbocycles. The molecule has 7 heteroatoms. The van der Waals surface area contributed by atoms with Crippen LogP contribution in [0.5, 0.6) is 5.75 Å². The van der Waals surface area contributed by atoms with E-state index >= 15 is 0 Å². The molecule has 3 nitrogen and oxygen atoms in total. The number of hydrogen-bond acceptors (Lipinski definition) is 3. The summed E-state index contributed by atoms with van der Waals surface area (Å²) < 4.78 is 55.3. The first-order valence-corrected chi connectivity index (χ1v) is 8.77. The van der Waals surface area contributed by atoms with Crippen molar-refractivity contribution in [2.45, 2.75) is 42.4 Å². The Balaban J connectivity index is 1.87. The van der Waals surface area contributed by atoms with Crippen LogP contribution in [0, 0.1) is 5.92 Å². The highest BCUT2D eigenvalue weighted by atomic mass is 32.2. The molecule has 0 spiro atoms. The van der Waals surface area contributed by atoms with Crippen LogP contribution in [-0.4, -0.2) is 27.6 Å². The molecule has 1 aromatic carbocycles. The lowest BCUT2D eigenvalue weighted by Gasteiger charge is -2.26. The molecule has 2 saturated heterocycles. The van der Waals surface area contributed by atoms with Gasteiger partial charge in [0.1, 0.15) is 5.75 Å². The number of alkyl halides is 3. The Morgan fingerprint density at radius 3 is 2.35 bits per heavy atom. The van der Waals surface area contributed by atoms with Crippen molar-refractivity contribution in [3.8, 4) is 5.75 Å². The Kier molecular flexibility index (Phi) is 4.25. The largest absolute Gasteiger partial charge is 0.496 e. The fourth-order valence-electron chi connectivity index (χ4n) is 3.54. The zero-order valence-corrected chi connectivity index (χ0v) is 13.4. The number of carbonyl (C=O) groups excluding carboxylic acids is 1. The van der Waals surface area contributed by atoms with Crippen molar-refractivity contribution in [1.29, 1.82) is 0 Å². The van der Waals surface area contributed by atoms with Crippen LogP contribution in [0.15, 0.2) is 18.2 Å². The van der Waals surface area contributed by atoms with E-state index in [2.05, 4.69) is 0 Å². The van der Waals surface area contributed by atoms with Crippen LogP contribution in [0.2, 0.25) is 0 Å². The topological polar surface area (TPSA) is 43.4 Å². The van der Waals surface area contributed by atoms with Crippen molar-refractivity contribution in [2.24, 2.45) is 5.92 Å². The highest BCUT2D eigenvalue weighted by Crippen LogP contribution is 2.41. The lowest BCUT2D eigenvalue weighted by Crippen LogP contribution is -2.32. The Morgan fingerprint density at radius 1 is 1.22 bits per heavy atom. The zero-order chi connectivity index (χ0) is 16.8. The van der Waals surface area contributed by atoms with Gasteiger partial charge in [-0.1, -0.05) is 0 Å². The lowest BCUT2D eigenvalue weighted by atomic mass is 9.89. The average molecular weight is 346 g/mol. The Morgan fingerprint density at radius 2 is 1.83 bits per heavy atom. The van der Waals surface area contributed by atoms with Crippen LogP contribution in [0.25, 0.3) is 0 Å². The maximum absolute atomic E-state index is 12.8. The number of Topliss-reactive ketones (excluding diaryl/α,β-unsaturated/α-hetero) is 1. The van der Waals surface area contributed by atoms with Gasteiger partial charge in [0.2, 0.25) is 0 Å². The number of ketones is 1. The van der Waals surface area contributed by atoms with Crippen LogP contribution in [0.1, 0.15) is 41.6 Å². The van der Waals surface area contributed by atoms with Gasteiger partial charge in [0.05, 0.1) is 18.2 Å². The summed E-state index contributed by atoms with van der Waals surface area (Å²) in [6.07, 6.45) is -1.65. The highest BCUT2D eigenvalue weighted by molar-refractivity contribution is 7.86. The summed E-state index contributed by atoms with van der Waals surface area (Å²) in [5, 5.41) is 0.0892. The maximum atomic E-state index is 12.8. The van der Waals surface area contributed by atoms with Gasteiger partial charge in [0, 0.05) is 27.2 Å². The third kappa shape index (κ3) is 3.03. The van der Waals surface area contributed by atoms with E-state index in [0.29, 0.717) is 12.8 Å². The second-order valence-corrected chi connectivity index (χ2v) is 8.09. The van der Waals surface area contributed by atoms with Crippen LogP contribution >= 0.6 is 0 Å². The van der Waals surface area contributed by atoms with E-state index in [1.165, 1.54) is 13.2 Å². The van der Waals surface area contributed by atoms with Crippen LogP contribution < -0.4 is 4.74 Å². The number of halogens is 3. The molecule has 2 unspecified atom stereocenters. The number of ether oxygens (including phenoxy) is 1. The fourth-order valence-corrected chi connectivity index (χ4v) is 5.66. The van der Waals surface area contributed by atoms with Crippen LogP contribution in [0.4, 0.5) is 13.2 Å². The van der Waals surface area contributed by atoms with Crippen molar-refractivity contribution in [2.75, 3.05) is 7.11 Å². The zero-order valence-electron chi connectivity index (χ0n) is 12.6. The van der Waals surface area contributed by atoms with Gasteiger partial charge in [-0.15, -0.1) is 0 Å². The van der Waals surface area contributed by atoms with E-state index in [1.807, 2.05) is 0 Å². The molecule has 2 aliphatic heterocycles. The van der Waals surface area contributed by atoms with Crippen molar-refractivity contribution < 1.29 is 26.9 Å². The molecule has 2 atom stereocenters. The van der Waals surface area contributed by atoms with Crippen molar-refractivity contribution in [1.82, 2.24) is 0 Å². The molecular formula is C16H17F3O3S. The standard InChI is InChI=1S/C16H17F3O3S/c1-22-14-8-10(16(17,18)19)2-5-13(14)15(20)9-6-11-3-4-12(7-9)23(11)21/h2,5,8-9,11-12H,3-4,6-7H2,1H3. The summed E-state index contributed by atoms with van der Waals surface area (Å²) >= 11 is 0. The van der Waals surface area contributed by atoms with Gasteiger partial charge in [-0.25, -0.2) is 0 Å². The molecular weight excluding hydrogens is 329 g/mol. The minimum absolute atomic E-state index is 0.0446. The number of carbonyl (C=O) groups is 1. The smallest absolute Gasteiger partial charge is 0.416 e. The van der Waals surface area contributed by atoms with E-state index in [9.17, 15) is 22.2 Å². The van der Waals surface area contributed by atoms with E-state index in [1.54, 1.807) is 0 Å². The molecule has 3 rings (SSSR count). The summed E-state index contributed by atoms with van der Waals surface area (Å²) in [6, 6.07) is 2.96. The van der Waals surface area contributed by atoms with E-state index in [0.717, 1.165) is 25.0 Å². The quantitative estimate of drug-likeness (QED) is 0.786. The second kappa shape index (κ2) is 5.92. The summed E-state index contributed by atoms with van der Waals surface area (Å²) in [5.41, 5.74) is -0.659. The first-order chi connectivity index (χ1) is 10.8. The van der Waals surface area contributed by atoms with Gasteiger partial charge < -0.3 is 4.74 Å². The normalized spacial score (nSPS) is 30.3.